The molecule has 20 heavy (non-hydrogen) atoms. The molecule has 0 aliphatic rings. The van der Waals surface area contributed by atoms with E-state index in [9.17, 15) is 9.18 Å². The van der Waals surface area contributed by atoms with Crippen molar-refractivity contribution >= 4 is 37.8 Å². The molecule has 0 unspecified atom stereocenters. The average molecular weight is 401 g/mol. The standard InChI is InChI=1S/C15H12Br2FNO/c16-8-10-2-1-3-11(6-10)9-19-15(20)12-4-5-13(17)14(18)7-12/h1-7H,8-9H2,(H,19,20). The number of benzene rings is 2. The molecule has 0 saturated heterocycles. The summed E-state index contributed by atoms with van der Waals surface area (Å²) in [7, 11) is 0. The minimum absolute atomic E-state index is 0.291. The molecule has 2 aromatic carbocycles. The normalized spacial score (nSPS) is 10.3. The highest BCUT2D eigenvalue weighted by atomic mass is 79.9. The molecule has 0 spiro atoms. The number of nitrogens with one attached hydrogen (secondary N) is 1. The van der Waals surface area contributed by atoms with Crippen LogP contribution in [0.1, 0.15) is 21.5 Å². The molecular weight excluding hydrogens is 389 g/mol. The fraction of sp³-hybridized carbons (Fsp3) is 0.133. The zero-order chi connectivity index (χ0) is 14.5. The Kier molecular flexibility index (Phi) is 5.31. The SMILES string of the molecule is O=C(NCc1cccc(CBr)c1)c1ccc(Br)c(F)c1. The van der Waals surface area contributed by atoms with Crippen LogP contribution in [0.3, 0.4) is 0 Å². The lowest BCUT2D eigenvalue weighted by atomic mass is 10.1. The summed E-state index contributed by atoms with van der Waals surface area (Å²) in [6.07, 6.45) is 0. The number of carbonyl (C=O) groups is 1. The van der Waals surface area contributed by atoms with Crippen LogP contribution in [0.4, 0.5) is 4.39 Å². The Labute approximate surface area is 133 Å². The van der Waals surface area contributed by atoms with Gasteiger partial charge in [0.05, 0.1) is 4.47 Å². The molecule has 2 nitrogen and oxygen atoms in total. The first-order chi connectivity index (χ1) is 9.60. The molecule has 0 saturated carbocycles. The van der Waals surface area contributed by atoms with E-state index in [1.807, 2.05) is 24.3 Å². The molecule has 0 aliphatic carbocycles. The quantitative estimate of drug-likeness (QED) is 0.756. The molecule has 0 bridgehead atoms. The van der Waals surface area contributed by atoms with Crippen LogP contribution in [-0.4, -0.2) is 5.91 Å². The molecule has 0 fully saturated rings. The highest BCUT2D eigenvalue weighted by molar-refractivity contribution is 9.10. The van der Waals surface area contributed by atoms with Crippen molar-refractivity contribution in [2.75, 3.05) is 0 Å². The van der Waals surface area contributed by atoms with Crippen molar-refractivity contribution in [3.8, 4) is 0 Å². The monoisotopic (exact) mass is 399 g/mol. The maximum atomic E-state index is 13.4. The smallest absolute Gasteiger partial charge is 0.251 e. The average Bonchev–Trinajstić information content (AvgIpc) is 2.47. The lowest BCUT2D eigenvalue weighted by Crippen LogP contribution is -2.22. The first kappa shape index (κ1) is 15.2. The summed E-state index contributed by atoms with van der Waals surface area (Å²) < 4.78 is 13.7. The zero-order valence-electron chi connectivity index (χ0n) is 10.5. The van der Waals surface area contributed by atoms with Gasteiger partial charge in [0.1, 0.15) is 5.82 Å². The summed E-state index contributed by atoms with van der Waals surface area (Å²) >= 11 is 6.45. The summed E-state index contributed by atoms with van der Waals surface area (Å²) in [6.45, 7) is 0.414. The van der Waals surface area contributed by atoms with Gasteiger partial charge in [0, 0.05) is 17.4 Å². The predicted molar refractivity (Wildman–Crippen MR) is 84.3 cm³/mol. The van der Waals surface area contributed by atoms with Gasteiger partial charge in [0.25, 0.3) is 5.91 Å². The van der Waals surface area contributed by atoms with E-state index in [1.54, 1.807) is 6.07 Å². The number of rotatable bonds is 4. The molecule has 1 N–H and O–H groups in total. The molecule has 104 valence electrons. The number of halogens is 3. The maximum Gasteiger partial charge on any atom is 0.251 e. The summed E-state index contributed by atoms with van der Waals surface area (Å²) in [5, 5.41) is 3.55. The van der Waals surface area contributed by atoms with Gasteiger partial charge in [-0.1, -0.05) is 40.2 Å². The van der Waals surface area contributed by atoms with Gasteiger partial charge in [-0.15, -0.1) is 0 Å². The van der Waals surface area contributed by atoms with Crippen molar-refractivity contribution in [2.24, 2.45) is 0 Å². The molecule has 1 amide bonds. The van der Waals surface area contributed by atoms with Crippen molar-refractivity contribution in [1.82, 2.24) is 5.32 Å². The molecule has 2 rings (SSSR count). The van der Waals surface area contributed by atoms with Gasteiger partial charge in [-0.3, -0.25) is 4.79 Å². The maximum absolute atomic E-state index is 13.4. The Balaban J connectivity index is 2.02. The number of carbonyl (C=O) groups excluding carboxylic acids is 1. The summed E-state index contributed by atoms with van der Waals surface area (Å²) in [5.74, 6) is -0.736. The predicted octanol–water partition coefficient (Wildman–Crippen LogP) is 4.41. The third-order valence-corrected chi connectivity index (χ3v) is 4.07. The zero-order valence-corrected chi connectivity index (χ0v) is 13.7. The first-order valence-electron chi connectivity index (χ1n) is 5.97. The van der Waals surface area contributed by atoms with Crippen LogP contribution in [0, 0.1) is 5.82 Å². The highest BCUT2D eigenvalue weighted by Gasteiger charge is 2.08. The molecule has 2 aromatic rings. The van der Waals surface area contributed by atoms with Gasteiger partial charge in [0.15, 0.2) is 0 Å². The number of alkyl halides is 1. The lowest BCUT2D eigenvalue weighted by molar-refractivity contribution is 0.0950. The van der Waals surface area contributed by atoms with E-state index < -0.39 is 5.82 Å². The van der Waals surface area contributed by atoms with Crippen LogP contribution in [0.15, 0.2) is 46.9 Å². The van der Waals surface area contributed by atoms with E-state index in [2.05, 4.69) is 37.2 Å². The molecule has 0 atom stereocenters. The topological polar surface area (TPSA) is 29.1 Å². The van der Waals surface area contributed by atoms with E-state index in [4.69, 9.17) is 0 Å². The van der Waals surface area contributed by atoms with Gasteiger partial charge >= 0.3 is 0 Å². The third kappa shape index (κ3) is 3.90. The summed E-state index contributed by atoms with van der Waals surface area (Å²) in [5.41, 5.74) is 2.46. The second-order valence-electron chi connectivity index (χ2n) is 4.27. The highest BCUT2D eigenvalue weighted by Crippen LogP contribution is 2.16. The minimum atomic E-state index is -0.445. The Hall–Kier alpha value is -1.20. The fourth-order valence-corrected chi connectivity index (χ4v) is 2.34. The van der Waals surface area contributed by atoms with Crippen LogP contribution < -0.4 is 5.32 Å². The lowest BCUT2D eigenvalue weighted by Gasteiger charge is -2.07. The Morgan fingerprint density at radius 3 is 2.60 bits per heavy atom. The van der Waals surface area contributed by atoms with E-state index in [0.29, 0.717) is 16.6 Å². The second-order valence-corrected chi connectivity index (χ2v) is 5.68. The van der Waals surface area contributed by atoms with E-state index >= 15 is 0 Å². The van der Waals surface area contributed by atoms with Gasteiger partial charge in [-0.25, -0.2) is 4.39 Å². The van der Waals surface area contributed by atoms with Crippen molar-refractivity contribution in [1.29, 1.82) is 0 Å². The van der Waals surface area contributed by atoms with Crippen LogP contribution in [0.25, 0.3) is 0 Å². The van der Waals surface area contributed by atoms with Crippen LogP contribution >= 0.6 is 31.9 Å². The molecule has 0 heterocycles. The van der Waals surface area contributed by atoms with E-state index in [-0.39, 0.29) is 5.91 Å². The van der Waals surface area contributed by atoms with Crippen molar-refractivity contribution in [3.63, 3.8) is 0 Å². The van der Waals surface area contributed by atoms with Gasteiger partial charge in [0.2, 0.25) is 0 Å². The van der Waals surface area contributed by atoms with Gasteiger partial charge in [-0.05, 0) is 45.3 Å². The fourth-order valence-electron chi connectivity index (χ4n) is 1.74. The van der Waals surface area contributed by atoms with Crippen LogP contribution in [-0.2, 0) is 11.9 Å². The Bertz CT molecular complexity index is 631. The molecular formula is C15H12Br2FNO. The summed E-state index contributed by atoms with van der Waals surface area (Å²) in [6, 6.07) is 12.2. The summed E-state index contributed by atoms with van der Waals surface area (Å²) in [4.78, 5) is 11.9. The van der Waals surface area contributed by atoms with Crippen LogP contribution in [0.2, 0.25) is 0 Å². The number of hydrogen-bond acceptors (Lipinski definition) is 1. The minimum Gasteiger partial charge on any atom is -0.348 e. The van der Waals surface area contributed by atoms with E-state index in [1.165, 1.54) is 12.1 Å². The van der Waals surface area contributed by atoms with Gasteiger partial charge < -0.3 is 5.32 Å². The first-order valence-corrected chi connectivity index (χ1v) is 7.88. The Morgan fingerprint density at radius 1 is 1.15 bits per heavy atom. The third-order valence-electron chi connectivity index (χ3n) is 2.78. The molecule has 0 aliphatic heterocycles. The molecule has 0 radical (unpaired) electrons. The molecule has 0 aromatic heterocycles. The van der Waals surface area contributed by atoms with Crippen molar-refractivity contribution in [2.45, 2.75) is 11.9 Å². The largest absolute Gasteiger partial charge is 0.348 e. The van der Waals surface area contributed by atoms with Gasteiger partial charge in [-0.2, -0.15) is 0 Å². The van der Waals surface area contributed by atoms with E-state index in [0.717, 1.165) is 16.5 Å². The van der Waals surface area contributed by atoms with Crippen molar-refractivity contribution < 1.29 is 9.18 Å². The Morgan fingerprint density at radius 2 is 1.90 bits per heavy atom. The van der Waals surface area contributed by atoms with Crippen molar-refractivity contribution in [3.05, 3.63) is 69.4 Å². The number of amides is 1. The molecule has 5 heteroatoms. The van der Waals surface area contributed by atoms with Crippen LogP contribution in [0.5, 0.6) is 0 Å². The number of hydrogen-bond donors (Lipinski definition) is 1. The second kappa shape index (κ2) is 6.99.